The molecule has 0 saturated carbocycles. The largest absolute Gasteiger partial charge is 0.475 e. The van der Waals surface area contributed by atoms with Gasteiger partial charge in [0, 0.05) is 12.1 Å². The molecule has 5 heteroatoms. The lowest BCUT2D eigenvalue weighted by Gasteiger charge is -2.13. The number of hydrogen-bond acceptors (Lipinski definition) is 4. The van der Waals surface area contributed by atoms with Gasteiger partial charge in [0.05, 0.1) is 19.1 Å². The summed E-state index contributed by atoms with van der Waals surface area (Å²) < 4.78 is 10.1. The molecular weight excluding hydrogens is 222 g/mol. The molecule has 5 nitrogen and oxygen atoms in total. The molecule has 0 unspecified atom stereocenters. The molecule has 0 fully saturated rings. The molecule has 0 atom stereocenters. The number of nitrogens with zero attached hydrogens (tertiary/aromatic N) is 1. The molecule has 0 bridgehead atoms. The Morgan fingerprint density at radius 3 is 2.76 bits per heavy atom. The number of carboxylic acid groups (broad SMARTS) is 1. The van der Waals surface area contributed by atoms with Gasteiger partial charge in [-0.05, 0) is 25.2 Å². The third-order valence-electron chi connectivity index (χ3n) is 2.33. The molecule has 2 heterocycles. The second-order valence-electron chi connectivity index (χ2n) is 3.87. The van der Waals surface area contributed by atoms with Crippen molar-refractivity contribution in [2.45, 2.75) is 13.1 Å². The Morgan fingerprint density at radius 1 is 1.35 bits per heavy atom. The minimum absolute atomic E-state index is 0.0308. The molecular formula is C12H13NO4. The lowest BCUT2D eigenvalue weighted by molar-refractivity contribution is 0.0658. The molecule has 17 heavy (non-hydrogen) atoms. The van der Waals surface area contributed by atoms with Gasteiger partial charge >= 0.3 is 5.97 Å². The van der Waals surface area contributed by atoms with Gasteiger partial charge in [-0.1, -0.05) is 0 Å². The summed E-state index contributed by atoms with van der Waals surface area (Å²) in [6.45, 7) is 1.28. The summed E-state index contributed by atoms with van der Waals surface area (Å²) in [4.78, 5) is 12.6. The van der Waals surface area contributed by atoms with Gasteiger partial charge in [-0.3, -0.25) is 4.90 Å². The van der Waals surface area contributed by atoms with Crippen molar-refractivity contribution in [1.29, 1.82) is 0 Å². The van der Waals surface area contributed by atoms with Gasteiger partial charge in [-0.25, -0.2) is 4.79 Å². The molecule has 1 N–H and O–H groups in total. The first kappa shape index (κ1) is 11.5. The third kappa shape index (κ3) is 2.98. The molecule has 0 aliphatic carbocycles. The molecule has 0 amide bonds. The summed E-state index contributed by atoms with van der Waals surface area (Å²) >= 11 is 0. The fraction of sp³-hybridized carbons (Fsp3) is 0.250. The summed E-state index contributed by atoms with van der Waals surface area (Å²) in [5, 5.41) is 8.72. The van der Waals surface area contributed by atoms with Crippen LogP contribution in [0.25, 0.3) is 0 Å². The van der Waals surface area contributed by atoms with E-state index in [4.69, 9.17) is 13.9 Å². The number of carbonyl (C=O) groups is 1. The summed E-state index contributed by atoms with van der Waals surface area (Å²) in [6, 6.07) is 5.03. The zero-order valence-electron chi connectivity index (χ0n) is 9.42. The van der Waals surface area contributed by atoms with Crippen LogP contribution in [0.4, 0.5) is 0 Å². The Labute approximate surface area is 98.3 Å². The highest BCUT2D eigenvalue weighted by Crippen LogP contribution is 2.12. The molecule has 0 spiro atoms. The van der Waals surface area contributed by atoms with Crippen LogP contribution in [0.2, 0.25) is 0 Å². The normalized spacial score (nSPS) is 10.9. The number of hydrogen-bond donors (Lipinski definition) is 1. The van der Waals surface area contributed by atoms with Gasteiger partial charge in [-0.2, -0.15) is 0 Å². The number of furan rings is 2. The van der Waals surface area contributed by atoms with Crippen LogP contribution in [-0.4, -0.2) is 23.0 Å². The van der Waals surface area contributed by atoms with Gasteiger partial charge < -0.3 is 13.9 Å². The fourth-order valence-corrected chi connectivity index (χ4v) is 1.59. The average molecular weight is 235 g/mol. The van der Waals surface area contributed by atoms with Gasteiger partial charge in [-0.15, -0.1) is 0 Å². The van der Waals surface area contributed by atoms with Gasteiger partial charge in [0.15, 0.2) is 0 Å². The van der Waals surface area contributed by atoms with Crippen molar-refractivity contribution in [3.63, 3.8) is 0 Å². The van der Waals surface area contributed by atoms with Crippen LogP contribution in [0.3, 0.4) is 0 Å². The van der Waals surface area contributed by atoms with E-state index in [1.807, 2.05) is 18.0 Å². The Kier molecular flexibility index (Phi) is 3.30. The maximum absolute atomic E-state index is 10.6. The summed E-state index contributed by atoms with van der Waals surface area (Å²) in [7, 11) is 1.93. The van der Waals surface area contributed by atoms with Crippen LogP contribution in [-0.2, 0) is 13.1 Å². The van der Waals surface area contributed by atoms with Gasteiger partial charge in [0.2, 0.25) is 5.76 Å². The van der Waals surface area contributed by atoms with E-state index in [9.17, 15) is 4.79 Å². The quantitative estimate of drug-likeness (QED) is 0.860. The van der Waals surface area contributed by atoms with E-state index in [1.54, 1.807) is 18.6 Å². The van der Waals surface area contributed by atoms with Gasteiger partial charge in [0.1, 0.15) is 5.76 Å². The molecule has 0 radical (unpaired) electrons. The fourth-order valence-electron chi connectivity index (χ4n) is 1.59. The first-order chi connectivity index (χ1) is 8.15. The highest BCUT2D eigenvalue weighted by Gasteiger charge is 2.10. The smallest absolute Gasteiger partial charge is 0.371 e. The first-order valence-corrected chi connectivity index (χ1v) is 5.17. The van der Waals surface area contributed by atoms with Crippen molar-refractivity contribution in [3.8, 4) is 0 Å². The Balaban J connectivity index is 1.93. The minimum atomic E-state index is -1.05. The molecule has 0 saturated heterocycles. The lowest BCUT2D eigenvalue weighted by Crippen LogP contribution is -2.16. The topological polar surface area (TPSA) is 66.8 Å². The van der Waals surface area contributed by atoms with Crippen LogP contribution in [0.1, 0.15) is 21.9 Å². The molecule has 2 aromatic heterocycles. The van der Waals surface area contributed by atoms with E-state index in [0.717, 1.165) is 12.1 Å². The van der Waals surface area contributed by atoms with E-state index >= 15 is 0 Å². The zero-order valence-corrected chi connectivity index (χ0v) is 9.42. The first-order valence-electron chi connectivity index (χ1n) is 5.17. The standard InChI is InChI=1S/C12H13NO4/c1-13(6-9-4-5-16-8-9)7-10-2-3-11(17-10)12(14)15/h2-5,8H,6-7H2,1H3,(H,14,15). The summed E-state index contributed by atoms with van der Waals surface area (Å²) in [5.41, 5.74) is 1.07. The lowest BCUT2D eigenvalue weighted by atomic mass is 10.3. The van der Waals surface area contributed by atoms with E-state index in [0.29, 0.717) is 12.3 Å². The minimum Gasteiger partial charge on any atom is -0.475 e. The maximum Gasteiger partial charge on any atom is 0.371 e. The highest BCUT2D eigenvalue weighted by atomic mass is 16.4. The maximum atomic E-state index is 10.6. The Hall–Kier alpha value is -2.01. The molecule has 90 valence electrons. The van der Waals surface area contributed by atoms with Crippen LogP contribution < -0.4 is 0 Å². The van der Waals surface area contributed by atoms with Crippen LogP contribution in [0, 0.1) is 0 Å². The van der Waals surface area contributed by atoms with E-state index in [1.165, 1.54) is 6.07 Å². The van der Waals surface area contributed by atoms with Crippen LogP contribution >= 0.6 is 0 Å². The molecule has 0 aliphatic rings. The SMILES string of the molecule is CN(Cc1ccoc1)Cc1ccc(C(=O)O)o1. The average Bonchev–Trinajstić information content (AvgIpc) is 2.88. The predicted molar refractivity (Wildman–Crippen MR) is 59.5 cm³/mol. The van der Waals surface area contributed by atoms with Crippen LogP contribution in [0.5, 0.6) is 0 Å². The van der Waals surface area contributed by atoms with Crippen molar-refractivity contribution in [1.82, 2.24) is 4.90 Å². The Morgan fingerprint density at radius 2 is 2.18 bits per heavy atom. The van der Waals surface area contributed by atoms with E-state index < -0.39 is 5.97 Å². The van der Waals surface area contributed by atoms with E-state index in [-0.39, 0.29) is 5.76 Å². The molecule has 2 rings (SSSR count). The van der Waals surface area contributed by atoms with Gasteiger partial charge in [0.25, 0.3) is 0 Å². The number of carboxylic acids is 1. The molecule has 2 aromatic rings. The highest BCUT2D eigenvalue weighted by molar-refractivity contribution is 5.84. The summed E-state index contributed by atoms with van der Waals surface area (Å²) in [6.07, 6.45) is 3.31. The second kappa shape index (κ2) is 4.88. The van der Waals surface area contributed by atoms with Crippen molar-refractivity contribution < 1.29 is 18.7 Å². The second-order valence-corrected chi connectivity index (χ2v) is 3.87. The van der Waals surface area contributed by atoms with Crippen molar-refractivity contribution in [2.24, 2.45) is 0 Å². The number of aromatic carboxylic acids is 1. The molecule has 0 aromatic carbocycles. The van der Waals surface area contributed by atoms with Crippen molar-refractivity contribution in [3.05, 3.63) is 47.8 Å². The van der Waals surface area contributed by atoms with Crippen LogP contribution in [0.15, 0.2) is 39.6 Å². The summed E-state index contributed by atoms with van der Waals surface area (Å²) in [5.74, 6) is -0.446. The zero-order chi connectivity index (χ0) is 12.3. The third-order valence-corrected chi connectivity index (χ3v) is 2.33. The Bertz CT molecular complexity index is 486. The number of rotatable bonds is 5. The predicted octanol–water partition coefficient (Wildman–Crippen LogP) is 2.20. The van der Waals surface area contributed by atoms with E-state index in [2.05, 4.69) is 0 Å². The van der Waals surface area contributed by atoms with Crippen molar-refractivity contribution >= 4 is 5.97 Å². The van der Waals surface area contributed by atoms with Crippen molar-refractivity contribution in [2.75, 3.05) is 7.05 Å². The molecule has 0 aliphatic heterocycles. The monoisotopic (exact) mass is 235 g/mol.